The molecule has 20 heavy (non-hydrogen) atoms. The summed E-state index contributed by atoms with van der Waals surface area (Å²) in [7, 11) is 0. The van der Waals surface area contributed by atoms with E-state index in [0.717, 1.165) is 19.3 Å². The highest BCUT2D eigenvalue weighted by Crippen LogP contribution is 2.33. The fourth-order valence-corrected chi connectivity index (χ4v) is 2.68. The van der Waals surface area contributed by atoms with E-state index in [9.17, 15) is 14.4 Å². The van der Waals surface area contributed by atoms with Gasteiger partial charge in [0.05, 0.1) is 11.6 Å². The molecule has 0 bridgehead atoms. The lowest BCUT2D eigenvalue weighted by atomic mass is 9.76. The van der Waals surface area contributed by atoms with Crippen LogP contribution in [0.5, 0.6) is 0 Å². The fraction of sp³-hybridized carbons (Fsp3) is 0.533. The van der Waals surface area contributed by atoms with Crippen LogP contribution in [0.3, 0.4) is 0 Å². The average Bonchev–Trinajstić information content (AvgIpc) is 2.48. The summed E-state index contributed by atoms with van der Waals surface area (Å²) in [6, 6.07) is 5.09. The molecule has 1 aliphatic carbocycles. The highest BCUT2D eigenvalue weighted by Gasteiger charge is 2.37. The lowest BCUT2D eigenvalue weighted by molar-refractivity contribution is 0.0886. The number of nitriles is 1. The molecule has 2 rings (SSSR count). The van der Waals surface area contributed by atoms with Gasteiger partial charge in [-0.3, -0.25) is 4.79 Å². The topological polar surface area (TPSA) is 65.8 Å². The standard InChI is InChI=1S/C15H18FN3O/c1-2-11-5-7-15(10-17,8-6-11)19-14(20)12-4-3-9-18-13(12)16/h3-4,9,11H,2,5-8H2,1H3,(H,19,20). The van der Waals surface area contributed by atoms with Crippen LogP contribution < -0.4 is 5.32 Å². The number of pyridine rings is 1. The van der Waals surface area contributed by atoms with Gasteiger partial charge in [0.1, 0.15) is 5.54 Å². The molecule has 0 aromatic carbocycles. The van der Waals surface area contributed by atoms with Crippen molar-refractivity contribution in [2.45, 2.75) is 44.6 Å². The van der Waals surface area contributed by atoms with Crippen molar-refractivity contribution < 1.29 is 9.18 Å². The number of nitrogens with one attached hydrogen (secondary N) is 1. The minimum Gasteiger partial charge on any atom is -0.334 e. The molecule has 5 heteroatoms. The zero-order chi connectivity index (χ0) is 14.6. The van der Waals surface area contributed by atoms with Gasteiger partial charge < -0.3 is 5.32 Å². The lowest BCUT2D eigenvalue weighted by Gasteiger charge is -2.35. The van der Waals surface area contributed by atoms with Crippen molar-refractivity contribution in [3.8, 4) is 6.07 Å². The van der Waals surface area contributed by atoms with Crippen LogP contribution in [0.4, 0.5) is 4.39 Å². The molecule has 0 saturated heterocycles. The quantitative estimate of drug-likeness (QED) is 0.863. The molecule has 1 aromatic rings. The second kappa shape index (κ2) is 6.00. The number of aromatic nitrogens is 1. The summed E-state index contributed by atoms with van der Waals surface area (Å²) in [4.78, 5) is 15.6. The van der Waals surface area contributed by atoms with Crippen molar-refractivity contribution in [1.82, 2.24) is 10.3 Å². The molecule has 106 valence electrons. The summed E-state index contributed by atoms with van der Waals surface area (Å²) in [6.45, 7) is 2.13. The summed E-state index contributed by atoms with van der Waals surface area (Å²) in [5.74, 6) is -0.754. The Balaban J connectivity index is 2.10. The second-order valence-corrected chi connectivity index (χ2v) is 5.34. The summed E-state index contributed by atoms with van der Waals surface area (Å²) in [6.07, 6.45) is 5.45. The molecule has 1 saturated carbocycles. The van der Waals surface area contributed by atoms with Crippen LogP contribution in [0.15, 0.2) is 18.3 Å². The molecular formula is C15H18FN3O. The van der Waals surface area contributed by atoms with Crippen molar-refractivity contribution in [3.63, 3.8) is 0 Å². The van der Waals surface area contributed by atoms with Gasteiger partial charge in [-0.05, 0) is 43.7 Å². The van der Waals surface area contributed by atoms with E-state index in [1.54, 1.807) is 0 Å². The Labute approximate surface area is 118 Å². The molecule has 0 aliphatic heterocycles. The normalized spacial score (nSPS) is 25.8. The third-order valence-electron chi connectivity index (χ3n) is 4.11. The first kappa shape index (κ1) is 14.4. The first-order chi connectivity index (χ1) is 9.60. The zero-order valence-electron chi connectivity index (χ0n) is 11.5. The van der Waals surface area contributed by atoms with E-state index in [0.29, 0.717) is 18.8 Å². The largest absolute Gasteiger partial charge is 0.334 e. The number of hydrogen-bond donors (Lipinski definition) is 1. The first-order valence-electron chi connectivity index (χ1n) is 6.94. The van der Waals surface area contributed by atoms with Crippen LogP contribution in [-0.4, -0.2) is 16.4 Å². The van der Waals surface area contributed by atoms with Gasteiger partial charge in [-0.25, -0.2) is 4.98 Å². The van der Waals surface area contributed by atoms with E-state index in [1.807, 2.05) is 0 Å². The Hall–Kier alpha value is -1.96. The predicted octanol–water partition coefficient (Wildman–Crippen LogP) is 2.81. The van der Waals surface area contributed by atoms with Crippen molar-refractivity contribution in [2.24, 2.45) is 5.92 Å². The Bertz CT molecular complexity index is 530. The van der Waals surface area contributed by atoms with Crippen molar-refractivity contribution >= 4 is 5.91 Å². The molecule has 0 spiro atoms. The Morgan fingerprint density at radius 3 is 2.85 bits per heavy atom. The van der Waals surface area contributed by atoms with Crippen LogP contribution in [0.1, 0.15) is 49.4 Å². The number of hydrogen-bond acceptors (Lipinski definition) is 3. The van der Waals surface area contributed by atoms with Crippen LogP contribution in [0.2, 0.25) is 0 Å². The highest BCUT2D eigenvalue weighted by atomic mass is 19.1. The monoisotopic (exact) mass is 275 g/mol. The maximum Gasteiger partial charge on any atom is 0.257 e. The van der Waals surface area contributed by atoms with Gasteiger partial charge in [0.15, 0.2) is 0 Å². The van der Waals surface area contributed by atoms with Crippen LogP contribution >= 0.6 is 0 Å². The fourth-order valence-electron chi connectivity index (χ4n) is 2.68. The van der Waals surface area contributed by atoms with Gasteiger partial charge in [0.25, 0.3) is 5.91 Å². The van der Waals surface area contributed by atoms with Crippen molar-refractivity contribution in [3.05, 3.63) is 29.8 Å². The van der Waals surface area contributed by atoms with E-state index in [-0.39, 0.29) is 5.56 Å². The Morgan fingerprint density at radius 2 is 2.30 bits per heavy atom. The van der Waals surface area contributed by atoms with E-state index < -0.39 is 17.4 Å². The maximum atomic E-state index is 13.5. The van der Waals surface area contributed by atoms with Crippen LogP contribution in [0, 0.1) is 23.2 Å². The van der Waals surface area contributed by atoms with Gasteiger partial charge in [0, 0.05) is 6.20 Å². The number of halogens is 1. The van der Waals surface area contributed by atoms with Crippen LogP contribution in [-0.2, 0) is 0 Å². The number of amides is 1. The molecule has 1 fully saturated rings. The molecule has 1 aliphatic rings. The van der Waals surface area contributed by atoms with E-state index in [2.05, 4.69) is 23.3 Å². The summed E-state index contributed by atoms with van der Waals surface area (Å²) in [5.41, 5.74) is -0.981. The first-order valence-corrected chi connectivity index (χ1v) is 6.94. The molecule has 1 heterocycles. The Kier molecular flexibility index (Phi) is 4.33. The summed E-state index contributed by atoms with van der Waals surface area (Å²) in [5, 5.41) is 12.1. The van der Waals surface area contributed by atoms with Crippen molar-refractivity contribution in [1.29, 1.82) is 5.26 Å². The molecule has 1 aromatic heterocycles. The van der Waals surface area contributed by atoms with Gasteiger partial charge >= 0.3 is 0 Å². The predicted molar refractivity (Wildman–Crippen MR) is 72.3 cm³/mol. The number of rotatable bonds is 3. The lowest BCUT2D eigenvalue weighted by Crippen LogP contribution is -2.49. The maximum absolute atomic E-state index is 13.5. The minimum atomic E-state index is -0.870. The second-order valence-electron chi connectivity index (χ2n) is 5.34. The van der Waals surface area contributed by atoms with E-state index >= 15 is 0 Å². The summed E-state index contributed by atoms with van der Waals surface area (Å²) >= 11 is 0. The van der Waals surface area contributed by atoms with E-state index in [4.69, 9.17) is 0 Å². The molecule has 4 nitrogen and oxygen atoms in total. The molecular weight excluding hydrogens is 257 g/mol. The smallest absolute Gasteiger partial charge is 0.257 e. The third-order valence-corrected chi connectivity index (χ3v) is 4.11. The van der Waals surface area contributed by atoms with Gasteiger partial charge in [-0.2, -0.15) is 9.65 Å². The van der Waals surface area contributed by atoms with Gasteiger partial charge in [0.2, 0.25) is 5.95 Å². The molecule has 0 atom stereocenters. The zero-order valence-corrected chi connectivity index (χ0v) is 11.5. The summed E-state index contributed by atoms with van der Waals surface area (Å²) < 4.78 is 13.5. The number of carbonyl (C=O) groups excluding carboxylic acids is 1. The van der Waals surface area contributed by atoms with E-state index in [1.165, 1.54) is 18.3 Å². The van der Waals surface area contributed by atoms with Crippen molar-refractivity contribution in [2.75, 3.05) is 0 Å². The average molecular weight is 275 g/mol. The highest BCUT2D eigenvalue weighted by molar-refractivity contribution is 5.94. The third kappa shape index (κ3) is 2.96. The molecule has 0 radical (unpaired) electrons. The molecule has 1 N–H and O–H groups in total. The number of nitrogens with zero attached hydrogens (tertiary/aromatic N) is 2. The minimum absolute atomic E-state index is 0.111. The Morgan fingerprint density at radius 1 is 1.60 bits per heavy atom. The molecule has 0 unspecified atom stereocenters. The molecule has 1 amide bonds. The van der Waals surface area contributed by atoms with Crippen LogP contribution in [0.25, 0.3) is 0 Å². The van der Waals surface area contributed by atoms with Gasteiger partial charge in [-0.15, -0.1) is 0 Å². The SMILES string of the molecule is CCC1CCC(C#N)(NC(=O)c2cccnc2F)CC1. The van der Waals surface area contributed by atoms with Gasteiger partial charge in [-0.1, -0.05) is 13.3 Å². The number of carbonyl (C=O) groups is 1.